The summed E-state index contributed by atoms with van der Waals surface area (Å²) in [6, 6.07) is 20.8. The van der Waals surface area contributed by atoms with Crippen LogP contribution in [0.25, 0.3) is 11.1 Å². The predicted molar refractivity (Wildman–Crippen MR) is 105 cm³/mol. The fourth-order valence-corrected chi connectivity index (χ4v) is 3.56. The van der Waals surface area contributed by atoms with Gasteiger partial charge in [-0.3, -0.25) is 14.9 Å². The van der Waals surface area contributed by atoms with Crippen molar-refractivity contribution in [3.8, 4) is 11.1 Å². The minimum Gasteiger partial charge on any atom is -0.390 e. The molecule has 2 unspecified atom stereocenters. The van der Waals surface area contributed by atoms with Gasteiger partial charge in [0.15, 0.2) is 0 Å². The Kier molecular flexibility index (Phi) is 4.63. The summed E-state index contributed by atoms with van der Waals surface area (Å²) in [6.07, 6.45) is -0.463. The highest BCUT2D eigenvalue weighted by atomic mass is 16.6. The smallest absolute Gasteiger partial charge is 0.269 e. The number of amides is 1. The highest BCUT2D eigenvalue weighted by molar-refractivity contribution is 5.95. The van der Waals surface area contributed by atoms with Crippen LogP contribution in [-0.2, 0) is 6.42 Å². The van der Waals surface area contributed by atoms with Gasteiger partial charge in [-0.15, -0.1) is 0 Å². The topological polar surface area (TPSA) is 92.5 Å². The summed E-state index contributed by atoms with van der Waals surface area (Å²) in [5.41, 5.74) is 3.87. The van der Waals surface area contributed by atoms with Crippen molar-refractivity contribution in [3.63, 3.8) is 0 Å². The Bertz CT molecular complexity index is 1030. The Hall–Kier alpha value is -3.51. The van der Waals surface area contributed by atoms with Gasteiger partial charge in [0.25, 0.3) is 11.6 Å². The molecule has 0 aliphatic heterocycles. The highest BCUT2D eigenvalue weighted by Crippen LogP contribution is 2.34. The molecule has 0 radical (unpaired) electrons. The van der Waals surface area contributed by atoms with E-state index in [1.54, 1.807) is 18.2 Å². The van der Waals surface area contributed by atoms with E-state index in [4.69, 9.17) is 0 Å². The molecule has 6 heteroatoms. The number of nitro groups is 1. The van der Waals surface area contributed by atoms with Gasteiger partial charge in [-0.2, -0.15) is 0 Å². The van der Waals surface area contributed by atoms with Gasteiger partial charge >= 0.3 is 0 Å². The van der Waals surface area contributed by atoms with Crippen molar-refractivity contribution in [1.82, 2.24) is 5.32 Å². The number of nitro benzene ring substituents is 1. The molecule has 3 aromatic carbocycles. The summed E-state index contributed by atoms with van der Waals surface area (Å²) in [5.74, 6) is -0.331. The van der Waals surface area contributed by atoms with Gasteiger partial charge in [-0.1, -0.05) is 48.5 Å². The minimum atomic E-state index is -0.815. The average molecular weight is 374 g/mol. The van der Waals surface area contributed by atoms with Crippen LogP contribution in [0.3, 0.4) is 0 Å². The molecule has 0 fully saturated rings. The van der Waals surface area contributed by atoms with E-state index in [1.807, 2.05) is 42.5 Å². The third-order valence-electron chi connectivity index (χ3n) is 5.03. The van der Waals surface area contributed by atoms with Gasteiger partial charge in [-0.25, -0.2) is 0 Å². The van der Waals surface area contributed by atoms with E-state index in [0.717, 1.165) is 16.7 Å². The lowest BCUT2D eigenvalue weighted by atomic mass is 10.0. The zero-order chi connectivity index (χ0) is 19.7. The molecule has 0 saturated carbocycles. The first-order chi connectivity index (χ1) is 13.5. The Morgan fingerprint density at radius 2 is 1.68 bits per heavy atom. The normalized spacial score (nSPS) is 17.8. The van der Waals surface area contributed by atoms with Gasteiger partial charge in [0, 0.05) is 24.1 Å². The maximum absolute atomic E-state index is 12.7. The van der Waals surface area contributed by atoms with Gasteiger partial charge in [0.1, 0.15) is 0 Å². The van der Waals surface area contributed by atoms with E-state index in [9.17, 15) is 20.0 Å². The molecule has 2 atom stereocenters. The van der Waals surface area contributed by atoms with Gasteiger partial charge in [0.05, 0.1) is 17.1 Å². The fourth-order valence-electron chi connectivity index (χ4n) is 3.56. The number of hydrogen-bond donors (Lipinski definition) is 2. The number of non-ortho nitro benzene ring substituents is 1. The quantitative estimate of drug-likeness (QED) is 0.538. The molecule has 4 rings (SSSR count). The van der Waals surface area contributed by atoms with Gasteiger partial charge in [0.2, 0.25) is 0 Å². The number of nitrogens with one attached hydrogen (secondary N) is 1. The van der Waals surface area contributed by atoms with Crippen molar-refractivity contribution in [2.24, 2.45) is 0 Å². The number of carbonyl (C=O) groups excluding carboxylic acids is 1. The number of carbonyl (C=O) groups is 1. The number of benzene rings is 3. The molecule has 28 heavy (non-hydrogen) atoms. The molecule has 1 aliphatic carbocycles. The Morgan fingerprint density at radius 1 is 1.00 bits per heavy atom. The van der Waals surface area contributed by atoms with E-state index < -0.39 is 17.1 Å². The number of nitrogens with zero attached hydrogens (tertiary/aromatic N) is 1. The van der Waals surface area contributed by atoms with Crippen molar-refractivity contribution in [1.29, 1.82) is 0 Å². The fraction of sp³-hybridized carbons (Fsp3) is 0.136. The van der Waals surface area contributed by atoms with Crippen molar-refractivity contribution in [2.45, 2.75) is 18.6 Å². The number of rotatable bonds is 4. The summed E-state index contributed by atoms with van der Waals surface area (Å²) in [5, 5.41) is 24.2. The van der Waals surface area contributed by atoms with E-state index in [-0.39, 0.29) is 11.6 Å². The molecular weight excluding hydrogens is 356 g/mol. The van der Waals surface area contributed by atoms with E-state index in [1.165, 1.54) is 12.1 Å². The zero-order valence-corrected chi connectivity index (χ0v) is 14.9. The van der Waals surface area contributed by atoms with Crippen LogP contribution in [0.1, 0.15) is 27.5 Å². The third-order valence-corrected chi connectivity index (χ3v) is 5.03. The summed E-state index contributed by atoms with van der Waals surface area (Å²) in [4.78, 5) is 23.2. The summed E-state index contributed by atoms with van der Waals surface area (Å²) >= 11 is 0. The van der Waals surface area contributed by atoms with Crippen molar-refractivity contribution in [3.05, 3.63) is 99.6 Å². The van der Waals surface area contributed by atoms with Gasteiger partial charge < -0.3 is 10.4 Å². The summed E-state index contributed by atoms with van der Waals surface area (Å²) in [6.45, 7) is 0. The van der Waals surface area contributed by atoms with Crippen molar-refractivity contribution < 1.29 is 14.8 Å². The van der Waals surface area contributed by atoms with Crippen LogP contribution in [0, 0.1) is 10.1 Å². The number of fused-ring (bicyclic) bond motifs is 1. The molecule has 0 saturated heterocycles. The second-order valence-corrected chi connectivity index (χ2v) is 6.81. The SMILES string of the molecule is O=C(NC1c2cc([N+](=O)[O-])ccc2CC1O)c1ccc(-c2ccccc2)cc1. The second-order valence-electron chi connectivity index (χ2n) is 6.81. The minimum absolute atomic E-state index is 0.0562. The first kappa shape index (κ1) is 17.9. The van der Waals surface area contributed by atoms with Crippen LogP contribution < -0.4 is 5.32 Å². The number of aliphatic hydroxyl groups excluding tert-OH is 1. The molecule has 1 amide bonds. The van der Waals surface area contributed by atoms with E-state index in [2.05, 4.69) is 5.32 Å². The largest absolute Gasteiger partial charge is 0.390 e. The Morgan fingerprint density at radius 3 is 2.36 bits per heavy atom. The molecule has 0 spiro atoms. The Labute approximate surface area is 161 Å². The van der Waals surface area contributed by atoms with Crippen LogP contribution in [0.5, 0.6) is 0 Å². The molecule has 0 bridgehead atoms. The maximum atomic E-state index is 12.7. The highest BCUT2D eigenvalue weighted by Gasteiger charge is 2.33. The second kappa shape index (κ2) is 7.25. The molecule has 3 aromatic rings. The summed E-state index contributed by atoms with van der Waals surface area (Å²) < 4.78 is 0. The maximum Gasteiger partial charge on any atom is 0.269 e. The standard InChI is InChI=1S/C22H18N2O4/c25-20-12-17-10-11-18(24(27)28)13-19(17)21(20)23-22(26)16-8-6-15(7-9-16)14-4-2-1-3-5-14/h1-11,13,20-21,25H,12H2,(H,23,26). The molecule has 1 aliphatic rings. The van der Waals surface area contributed by atoms with Crippen LogP contribution in [0.15, 0.2) is 72.8 Å². The molecule has 6 nitrogen and oxygen atoms in total. The lowest BCUT2D eigenvalue weighted by molar-refractivity contribution is -0.384. The predicted octanol–water partition coefficient (Wildman–Crippen LogP) is 3.65. The molecule has 0 heterocycles. The van der Waals surface area contributed by atoms with E-state index >= 15 is 0 Å². The van der Waals surface area contributed by atoms with E-state index in [0.29, 0.717) is 17.5 Å². The summed E-state index contributed by atoms with van der Waals surface area (Å²) in [7, 11) is 0. The molecular formula is C22H18N2O4. The number of hydrogen-bond acceptors (Lipinski definition) is 4. The van der Waals surface area contributed by atoms with Gasteiger partial charge in [-0.05, 0) is 34.4 Å². The molecule has 140 valence electrons. The molecule has 0 aromatic heterocycles. The Balaban J connectivity index is 1.54. The lowest BCUT2D eigenvalue weighted by Crippen LogP contribution is -2.33. The zero-order valence-electron chi connectivity index (χ0n) is 14.9. The first-order valence-electron chi connectivity index (χ1n) is 8.94. The van der Waals surface area contributed by atoms with Crippen LogP contribution in [0.4, 0.5) is 5.69 Å². The average Bonchev–Trinajstić information content (AvgIpc) is 3.03. The third kappa shape index (κ3) is 3.37. The van der Waals surface area contributed by atoms with Crippen LogP contribution in [-0.4, -0.2) is 22.0 Å². The molecule has 2 N–H and O–H groups in total. The van der Waals surface area contributed by atoms with Crippen LogP contribution in [0.2, 0.25) is 0 Å². The number of aliphatic hydroxyl groups is 1. The monoisotopic (exact) mass is 374 g/mol. The van der Waals surface area contributed by atoms with Crippen molar-refractivity contribution in [2.75, 3.05) is 0 Å². The van der Waals surface area contributed by atoms with Crippen LogP contribution >= 0.6 is 0 Å². The van der Waals surface area contributed by atoms with Crippen molar-refractivity contribution >= 4 is 11.6 Å². The first-order valence-corrected chi connectivity index (χ1v) is 8.94. The lowest BCUT2D eigenvalue weighted by Gasteiger charge is -2.18.